The molecule has 3 atom stereocenters. The first kappa shape index (κ1) is 17.5. The molecule has 1 N–H and O–H groups in total. The molecule has 29 heavy (non-hydrogen) atoms. The molecule has 0 saturated heterocycles. The Kier molecular flexibility index (Phi) is 4.09. The van der Waals surface area contributed by atoms with E-state index in [4.69, 9.17) is 4.74 Å². The third-order valence-electron chi connectivity index (χ3n) is 5.80. The summed E-state index contributed by atoms with van der Waals surface area (Å²) >= 11 is 0. The summed E-state index contributed by atoms with van der Waals surface area (Å²) in [6, 6.07) is 17.8. The van der Waals surface area contributed by atoms with E-state index in [1.54, 1.807) is 18.2 Å². The Balaban J connectivity index is 1.50. The van der Waals surface area contributed by atoms with Gasteiger partial charge in [-0.3, -0.25) is 0 Å². The molecular weight excluding hydrogens is 366 g/mol. The number of rotatable bonds is 3. The Hall–Kier alpha value is -3.60. The molecule has 3 aromatic rings. The number of carboxylic acid groups (broad SMARTS) is 1. The zero-order valence-electron chi connectivity index (χ0n) is 15.5. The molecule has 0 unspecified atom stereocenters. The molecule has 2 aliphatic rings. The Morgan fingerprint density at radius 2 is 1.83 bits per heavy atom. The van der Waals surface area contributed by atoms with Gasteiger partial charge in [0, 0.05) is 5.92 Å². The Morgan fingerprint density at radius 3 is 2.66 bits per heavy atom. The number of carbonyl (C=O) groups excluding carboxylic acids is 2. The largest absolute Gasteiger partial charge is 0.548 e. The SMILES string of the molecule is O=C(Oc1ccc2ccccc2c1)c1cccc2c1N[C@@H](C(=O)[O-])[C@@H]1CC=C[C@H]21. The van der Waals surface area contributed by atoms with Gasteiger partial charge in [-0.15, -0.1) is 0 Å². The van der Waals surface area contributed by atoms with Crippen molar-refractivity contribution in [1.82, 2.24) is 0 Å². The first-order valence-electron chi connectivity index (χ1n) is 9.60. The molecule has 0 bridgehead atoms. The van der Waals surface area contributed by atoms with Crippen LogP contribution in [0.3, 0.4) is 0 Å². The Labute approximate surface area is 167 Å². The molecule has 3 aromatic carbocycles. The highest BCUT2D eigenvalue weighted by atomic mass is 16.5. The first-order valence-corrected chi connectivity index (χ1v) is 9.60. The van der Waals surface area contributed by atoms with E-state index in [-0.39, 0.29) is 11.8 Å². The lowest BCUT2D eigenvalue weighted by molar-refractivity contribution is -0.308. The smallest absolute Gasteiger partial charge is 0.345 e. The van der Waals surface area contributed by atoms with Crippen LogP contribution in [0.5, 0.6) is 5.75 Å². The van der Waals surface area contributed by atoms with Gasteiger partial charge in [0.15, 0.2) is 0 Å². The number of anilines is 1. The third kappa shape index (κ3) is 2.95. The van der Waals surface area contributed by atoms with E-state index in [9.17, 15) is 14.7 Å². The molecule has 0 radical (unpaired) electrons. The molecule has 0 amide bonds. The van der Waals surface area contributed by atoms with Gasteiger partial charge in [-0.2, -0.15) is 0 Å². The molecule has 1 aliphatic carbocycles. The molecule has 5 rings (SSSR count). The normalized spacial score (nSPS) is 21.9. The van der Waals surface area contributed by atoms with Crippen LogP contribution in [0.1, 0.15) is 28.3 Å². The van der Waals surface area contributed by atoms with Crippen molar-refractivity contribution in [2.75, 3.05) is 5.32 Å². The molecule has 0 saturated carbocycles. The minimum absolute atomic E-state index is 0.0532. The number of nitrogens with one attached hydrogen (secondary N) is 1. The van der Waals surface area contributed by atoms with Crippen molar-refractivity contribution in [1.29, 1.82) is 0 Å². The Morgan fingerprint density at radius 1 is 1.00 bits per heavy atom. The summed E-state index contributed by atoms with van der Waals surface area (Å²) in [6.45, 7) is 0. The van der Waals surface area contributed by atoms with Gasteiger partial charge in [-0.05, 0) is 46.9 Å². The number of fused-ring (bicyclic) bond motifs is 4. The molecule has 0 fully saturated rings. The Bertz CT molecular complexity index is 1170. The van der Waals surface area contributed by atoms with Crippen molar-refractivity contribution in [3.63, 3.8) is 0 Å². The fraction of sp³-hybridized carbons (Fsp3) is 0.167. The van der Waals surface area contributed by atoms with Crippen LogP contribution in [0, 0.1) is 5.92 Å². The van der Waals surface area contributed by atoms with Gasteiger partial charge in [0.25, 0.3) is 0 Å². The van der Waals surface area contributed by atoms with Crippen molar-refractivity contribution < 1.29 is 19.4 Å². The summed E-state index contributed by atoms with van der Waals surface area (Å²) in [4.78, 5) is 24.6. The van der Waals surface area contributed by atoms with E-state index in [0.29, 0.717) is 23.4 Å². The highest BCUT2D eigenvalue weighted by Gasteiger charge is 2.39. The number of allylic oxidation sites excluding steroid dienone is 2. The van der Waals surface area contributed by atoms with Gasteiger partial charge in [0.2, 0.25) is 0 Å². The quantitative estimate of drug-likeness (QED) is 0.426. The third-order valence-corrected chi connectivity index (χ3v) is 5.80. The minimum Gasteiger partial charge on any atom is -0.548 e. The maximum Gasteiger partial charge on any atom is 0.345 e. The zero-order valence-corrected chi connectivity index (χ0v) is 15.5. The average Bonchev–Trinajstić information content (AvgIpc) is 3.22. The number of carbonyl (C=O) groups is 2. The van der Waals surface area contributed by atoms with Gasteiger partial charge >= 0.3 is 5.97 Å². The van der Waals surface area contributed by atoms with E-state index in [1.165, 1.54) is 0 Å². The molecule has 0 spiro atoms. The van der Waals surface area contributed by atoms with Crippen LogP contribution in [-0.2, 0) is 4.79 Å². The van der Waals surface area contributed by atoms with Crippen molar-refractivity contribution in [3.8, 4) is 5.75 Å². The number of carboxylic acids is 1. The summed E-state index contributed by atoms with van der Waals surface area (Å²) < 4.78 is 5.62. The number of aliphatic carboxylic acids is 1. The van der Waals surface area contributed by atoms with E-state index in [0.717, 1.165) is 16.3 Å². The number of benzene rings is 3. The lowest BCUT2D eigenvalue weighted by Crippen LogP contribution is -2.49. The van der Waals surface area contributed by atoms with Crippen molar-refractivity contribution >= 4 is 28.4 Å². The van der Waals surface area contributed by atoms with Crippen LogP contribution >= 0.6 is 0 Å². The first-order chi connectivity index (χ1) is 14.1. The monoisotopic (exact) mass is 384 g/mol. The number of esters is 1. The summed E-state index contributed by atoms with van der Waals surface area (Å²) in [5.41, 5.74) is 1.75. The molecule has 0 aromatic heterocycles. The highest BCUT2D eigenvalue weighted by molar-refractivity contribution is 5.99. The number of ether oxygens (including phenoxy) is 1. The maximum atomic E-state index is 12.9. The van der Waals surface area contributed by atoms with Gasteiger partial charge in [-0.1, -0.05) is 54.6 Å². The highest BCUT2D eigenvalue weighted by Crippen LogP contribution is 2.45. The van der Waals surface area contributed by atoms with Gasteiger partial charge in [0.05, 0.1) is 23.3 Å². The second kappa shape index (κ2) is 6.78. The van der Waals surface area contributed by atoms with Crippen molar-refractivity contribution in [3.05, 3.63) is 83.9 Å². The second-order valence-electron chi connectivity index (χ2n) is 7.46. The molecule has 5 nitrogen and oxygen atoms in total. The predicted octanol–water partition coefficient (Wildman–Crippen LogP) is 3.26. The van der Waals surface area contributed by atoms with Crippen molar-refractivity contribution in [2.24, 2.45) is 5.92 Å². The van der Waals surface area contributed by atoms with Crippen LogP contribution in [0.4, 0.5) is 5.69 Å². The summed E-state index contributed by atoms with van der Waals surface area (Å²) in [7, 11) is 0. The molecule has 1 aliphatic heterocycles. The minimum atomic E-state index is -1.16. The summed E-state index contributed by atoms with van der Waals surface area (Å²) in [5, 5.41) is 16.7. The molecule has 144 valence electrons. The van der Waals surface area contributed by atoms with Crippen LogP contribution < -0.4 is 15.2 Å². The topological polar surface area (TPSA) is 78.5 Å². The van der Waals surface area contributed by atoms with Gasteiger partial charge < -0.3 is 20.0 Å². The molecule has 5 heteroatoms. The van der Waals surface area contributed by atoms with Crippen LogP contribution in [0.25, 0.3) is 10.8 Å². The lowest BCUT2D eigenvalue weighted by atomic mass is 9.78. The van der Waals surface area contributed by atoms with Gasteiger partial charge in [-0.25, -0.2) is 4.79 Å². The second-order valence-corrected chi connectivity index (χ2v) is 7.46. The summed E-state index contributed by atoms with van der Waals surface area (Å²) in [6.07, 6.45) is 4.67. The number of hydrogen-bond acceptors (Lipinski definition) is 5. The number of para-hydroxylation sites is 1. The molecule has 1 heterocycles. The fourth-order valence-corrected chi connectivity index (χ4v) is 4.42. The number of hydrogen-bond donors (Lipinski definition) is 1. The summed E-state index contributed by atoms with van der Waals surface area (Å²) in [5.74, 6) is -1.41. The van der Waals surface area contributed by atoms with Gasteiger partial charge in [0.1, 0.15) is 5.75 Å². The van der Waals surface area contributed by atoms with Crippen LogP contribution in [0.2, 0.25) is 0 Å². The maximum absolute atomic E-state index is 12.9. The van der Waals surface area contributed by atoms with Crippen LogP contribution in [0.15, 0.2) is 72.8 Å². The van der Waals surface area contributed by atoms with E-state index in [2.05, 4.69) is 5.32 Å². The predicted molar refractivity (Wildman–Crippen MR) is 108 cm³/mol. The van der Waals surface area contributed by atoms with Crippen molar-refractivity contribution in [2.45, 2.75) is 18.4 Å². The zero-order chi connectivity index (χ0) is 20.0. The van der Waals surface area contributed by atoms with E-state index >= 15 is 0 Å². The molecular formula is C24H18NO4-. The van der Waals surface area contributed by atoms with E-state index in [1.807, 2.05) is 54.6 Å². The fourth-order valence-electron chi connectivity index (χ4n) is 4.42. The van der Waals surface area contributed by atoms with Crippen LogP contribution in [-0.4, -0.2) is 18.0 Å². The lowest BCUT2D eigenvalue weighted by Gasteiger charge is -2.38. The average molecular weight is 384 g/mol. The van der Waals surface area contributed by atoms with E-state index < -0.39 is 18.0 Å². The standard InChI is InChI=1S/C24H19NO4/c26-23(27)22-19-9-3-7-17(19)18-8-4-10-20(21(18)25-22)24(28)29-16-12-11-14-5-1-2-6-15(14)13-16/h1-8,10-13,17,19,22,25H,9H2,(H,26,27)/p-1/t17-,19-,22-/m1/s1.